The molecule has 2 aromatic rings. The van der Waals surface area contributed by atoms with Gasteiger partial charge in [0.15, 0.2) is 0 Å². The molecule has 0 atom stereocenters. The van der Waals surface area contributed by atoms with Crippen molar-refractivity contribution in [3.8, 4) is 0 Å². The van der Waals surface area contributed by atoms with E-state index in [1.807, 2.05) is 0 Å². The molecule has 0 spiro atoms. The molecule has 10 heteroatoms. The number of carbonyl (C=O) groups excluding carboxylic acids is 1. The van der Waals surface area contributed by atoms with Gasteiger partial charge in [-0.2, -0.15) is 8.42 Å². The average molecular weight is 354 g/mol. The lowest BCUT2D eigenvalue weighted by atomic mass is 10.3. The Balaban J connectivity index is 0.000000240. The first kappa shape index (κ1) is 19.2. The van der Waals surface area contributed by atoms with Crippen molar-refractivity contribution in [3.63, 3.8) is 0 Å². The van der Waals surface area contributed by atoms with Crippen molar-refractivity contribution >= 4 is 38.8 Å². The molecule has 0 fully saturated rings. The van der Waals surface area contributed by atoms with Gasteiger partial charge in [-0.1, -0.05) is 6.07 Å². The Morgan fingerprint density at radius 1 is 1.04 bits per heavy atom. The SMILES string of the molecule is Nc1ccc(S(=O)(=O)O)c(N)c1.Nc1cccc(NC(=O)CO)c1. The smallest absolute Gasteiger partial charge is 0.296 e. The number of anilines is 4. The largest absolute Gasteiger partial charge is 0.399 e. The number of rotatable bonds is 3. The van der Waals surface area contributed by atoms with E-state index < -0.39 is 22.6 Å². The zero-order valence-electron chi connectivity index (χ0n) is 12.5. The second kappa shape index (κ2) is 8.15. The standard InChI is InChI=1S/C8H10N2O2.C6H8N2O3S/c9-6-2-1-3-7(4-6)10-8(12)5-11;7-4-1-2-6(5(8)3-4)12(9,10)11/h1-4,11H,5,9H2,(H,10,12);1-3H,7-8H2,(H,9,10,11). The van der Waals surface area contributed by atoms with Crippen LogP contribution >= 0.6 is 0 Å². The van der Waals surface area contributed by atoms with Crippen molar-refractivity contribution in [2.45, 2.75) is 4.90 Å². The summed E-state index contributed by atoms with van der Waals surface area (Å²) in [4.78, 5) is 10.4. The van der Waals surface area contributed by atoms with Crippen LogP contribution in [-0.4, -0.2) is 30.6 Å². The molecule has 130 valence electrons. The number of carbonyl (C=O) groups is 1. The molecule has 2 rings (SSSR count). The summed E-state index contributed by atoms with van der Waals surface area (Å²) in [5.74, 6) is -0.444. The maximum Gasteiger partial charge on any atom is 0.296 e. The number of aliphatic hydroxyl groups is 1. The number of nitrogen functional groups attached to an aromatic ring is 3. The molecule has 24 heavy (non-hydrogen) atoms. The van der Waals surface area contributed by atoms with Gasteiger partial charge in [-0.05, 0) is 36.4 Å². The highest BCUT2D eigenvalue weighted by atomic mass is 32.2. The van der Waals surface area contributed by atoms with Gasteiger partial charge in [-0.3, -0.25) is 9.35 Å². The van der Waals surface area contributed by atoms with Gasteiger partial charge < -0.3 is 27.6 Å². The fraction of sp³-hybridized carbons (Fsp3) is 0.0714. The molecule has 0 aliphatic rings. The summed E-state index contributed by atoms with van der Waals surface area (Å²) >= 11 is 0. The lowest BCUT2D eigenvalue weighted by Gasteiger charge is -2.02. The topological polar surface area (TPSA) is 182 Å². The van der Waals surface area contributed by atoms with Gasteiger partial charge in [-0.25, -0.2) is 0 Å². The summed E-state index contributed by atoms with van der Waals surface area (Å²) in [7, 11) is -4.23. The van der Waals surface area contributed by atoms with Crippen molar-refractivity contribution in [3.05, 3.63) is 42.5 Å². The maximum atomic E-state index is 10.7. The Hall–Kier alpha value is -2.82. The number of aliphatic hydroxyl groups excluding tert-OH is 1. The molecular formula is C14H18N4O5S. The van der Waals surface area contributed by atoms with Crippen LogP contribution in [0.5, 0.6) is 0 Å². The first-order valence-corrected chi connectivity index (χ1v) is 7.96. The van der Waals surface area contributed by atoms with Crippen LogP contribution in [0.15, 0.2) is 47.4 Å². The summed E-state index contributed by atoms with van der Waals surface area (Å²) in [6, 6.07) is 10.5. The van der Waals surface area contributed by atoms with Gasteiger partial charge in [0.2, 0.25) is 5.91 Å². The summed E-state index contributed by atoms with van der Waals surface area (Å²) in [5, 5.41) is 10.9. The van der Waals surface area contributed by atoms with Crippen molar-refractivity contribution in [2.24, 2.45) is 0 Å². The molecule has 2 aromatic carbocycles. The lowest BCUT2D eigenvalue weighted by molar-refractivity contribution is -0.118. The van der Waals surface area contributed by atoms with Gasteiger partial charge in [0.05, 0.1) is 5.69 Å². The minimum absolute atomic E-state index is 0.0579. The normalized spacial score (nSPS) is 10.4. The second-order valence-corrected chi connectivity index (χ2v) is 5.99. The molecule has 9 nitrogen and oxygen atoms in total. The second-order valence-electron chi connectivity index (χ2n) is 4.60. The first-order valence-electron chi connectivity index (χ1n) is 6.52. The number of nitrogens with one attached hydrogen (secondary N) is 1. The highest BCUT2D eigenvalue weighted by molar-refractivity contribution is 7.86. The Labute approximate surface area is 138 Å². The monoisotopic (exact) mass is 354 g/mol. The van der Waals surface area contributed by atoms with E-state index in [9.17, 15) is 13.2 Å². The highest BCUT2D eigenvalue weighted by Gasteiger charge is 2.12. The van der Waals surface area contributed by atoms with E-state index in [1.54, 1.807) is 24.3 Å². The molecule has 0 heterocycles. The van der Waals surface area contributed by atoms with Crippen molar-refractivity contribution in [1.29, 1.82) is 0 Å². The molecule has 0 aliphatic carbocycles. The summed E-state index contributed by atoms with van der Waals surface area (Å²) in [5.41, 5.74) is 17.5. The van der Waals surface area contributed by atoms with Crippen LogP contribution in [0.1, 0.15) is 0 Å². The quantitative estimate of drug-likeness (QED) is 0.336. The van der Waals surface area contributed by atoms with Crippen molar-refractivity contribution < 1.29 is 22.9 Å². The Morgan fingerprint density at radius 3 is 2.17 bits per heavy atom. The van der Waals surface area contributed by atoms with Crippen LogP contribution < -0.4 is 22.5 Å². The average Bonchev–Trinajstić information content (AvgIpc) is 2.46. The van der Waals surface area contributed by atoms with Crippen molar-refractivity contribution in [2.75, 3.05) is 29.1 Å². The van der Waals surface area contributed by atoms with Gasteiger partial charge >= 0.3 is 0 Å². The molecule has 1 amide bonds. The third kappa shape index (κ3) is 6.12. The lowest BCUT2D eigenvalue weighted by Crippen LogP contribution is -2.15. The Kier molecular flexibility index (Phi) is 6.53. The van der Waals surface area contributed by atoms with Gasteiger partial charge in [0.1, 0.15) is 11.5 Å². The van der Waals surface area contributed by atoms with Crippen LogP contribution in [0.4, 0.5) is 22.7 Å². The van der Waals surface area contributed by atoms with Gasteiger partial charge in [-0.15, -0.1) is 0 Å². The third-order valence-electron chi connectivity index (χ3n) is 2.63. The first-order chi connectivity index (χ1) is 11.1. The zero-order chi connectivity index (χ0) is 18.3. The van der Waals surface area contributed by atoms with Gasteiger partial charge in [0, 0.05) is 17.1 Å². The molecule has 0 unspecified atom stereocenters. The van der Waals surface area contributed by atoms with Crippen LogP contribution in [-0.2, 0) is 14.9 Å². The zero-order valence-corrected chi connectivity index (χ0v) is 13.3. The van der Waals surface area contributed by atoms with E-state index in [0.717, 1.165) is 6.07 Å². The maximum absolute atomic E-state index is 10.7. The van der Waals surface area contributed by atoms with Crippen LogP contribution in [0.3, 0.4) is 0 Å². The third-order valence-corrected chi connectivity index (χ3v) is 3.55. The number of amides is 1. The van der Waals surface area contributed by atoms with E-state index in [-0.39, 0.29) is 10.6 Å². The molecule has 0 aliphatic heterocycles. The molecule has 9 N–H and O–H groups in total. The van der Waals surface area contributed by atoms with Crippen LogP contribution in [0.2, 0.25) is 0 Å². The van der Waals surface area contributed by atoms with Crippen molar-refractivity contribution in [1.82, 2.24) is 0 Å². The van der Waals surface area contributed by atoms with Crippen LogP contribution in [0, 0.1) is 0 Å². The van der Waals surface area contributed by atoms with E-state index >= 15 is 0 Å². The van der Waals surface area contributed by atoms with E-state index in [1.165, 1.54) is 12.1 Å². The molecule has 0 aromatic heterocycles. The minimum atomic E-state index is -4.23. The van der Waals surface area contributed by atoms with E-state index in [0.29, 0.717) is 17.1 Å². The molecule has 0 saturated heterocycles. The number of nitrogens with two attached hydrogens (primary N) is 3. The Bertz CT molecular complexity index is 824. The minimum Gasteiger partial charge on any atom is -0.399 e. The predicted octanol–water partition coefficient (Wildman–Crippen LogP) is 0.297. The van der Waals surface area contributed by atoms with E-state index in [4.69, 9.17) is 26.9 Å². The van der Waals surface area contributed by atoms with E-state index in [2.05, 4.69) is 5.32 Å². The molecule has 0 saturated carbocycles. The highest BCUT2D eigenvalue weighted by Crippen LogP contribution is 2.20. The molecule has 0 radical (unpaired) electrons. The number of benzene rings is 2. The fourth-order valence-corrected chi connectivity index (χ4v) is 2.22. The molecular weight excluding hydrogens is 336 g/mol. The number of hydrogen-bond donors (Lipinski definition) is 6. The molecule has 0 bridgehead atoms. The number of hydrogen-bond acceptors (Lipinski definition) is 7. The van der Waals surface area contributed by atoms with Crippen LogP contribution in [0.25, 0.3) is 0 Å². The summed E-state index contributed by atoms with van der Waals surface area (Å²) in [6.45, 7) is -0.519. The predicted molar refractivity (Wildman–Crippen MR) is 91.7 cm³/mol. The summed E-state index contributed by atoms with van der Waals surface area (Å²) < 4.78 is 29.8. The summed E-state index contributed by atoms with van der Waals surface area (Å²) in [6.07, 6.45) is 0. The van der Waals surface area contributed by atoms with Gasteiger partial charge in [0.25, 0.3) is 10.1 Å². The fourth-order valence-electron chi connectivity index (χ4n) is 1.62. The Morgan fingerprint density at radius 2 is 1.67 bits per heavy atom.